The third-order valence-electron chi connectivity index (χ3n) is 3.59. The standard InChI is InChI=1S/C16H14ClFO3/c1-20-10-3-5-15-12(7-10)14(19)8-16(21-15)11-4-2-9(18)6-13(11)17/h2-7,14,16,19H,8H2,1H3. The van der Waals surface area contributed by atoms with Gasteiger partial charge in [0, 0.05) is 17.5 Å². The van der Waals surface area contributed by atoms with Crippen LogP contribution in [0.2, 0.25) is 5.02 Å². The van der Waals surface area contributed by atoms with Gasteiger partial charge < -0.3 is 14.6 Å². The summed E-state index contributed by atoms with van der Waals surface area (Å²) >= 11 is 6.06. The van der Waals surface area contributed by atoms with Gasteiger partial charge in [0.15, 0.2) is 0 Å². The minimum absolute atomic E-state index is 0.296. The van der Waals surface area contributed by atoms with Gasteiger partial charge in [0.05, 0.1) is 18.2 Å². The van der Waals surface area contributed by atoms with E-state index in [9.17, 15) is 9.50 Å². The molecule has 0 saturated heterocycles. The molecule has 0 spiro atoms. The highest BCUT2D eigenvalue weighted by Crippen LogP contribution is 2.43. The van der Waals surface area contributed by atoms with Crippen LogP contribution in [0.3, 0.4) is 0 Å². The molecule has 3 nitrogen and oxygen atoms in total. The fourth-order valence-electron chi connectivity index (χ4n) is 2.51. The van der Waals surface area contributed by atoms with Crippen LogP contribution in [0.5, 0.6) is 11.5 Å². The van der Waals surface area contributed by atoms with Crippen LogP contribution in [0.15, 0.2) is 36.4 Å². The molecule has 0 bridgehead atoms. The maximum atomic E-state index is 13.1. The number of hydrogen-bond acceptors (Lipinski definition) is 3. The molecule has 2 unspecified atom stereocenters. The average Bonchev–Trinajstić information content (AvgIpc) is 2.47. The van der Waals surface area contributed by atoms with Gasteiger partial charge in [0.2, 0.25) is 0 Å². The molecule has 5 heteroatoms. The molecule has 2 aromatic carbocycles. The molecule has 0 saturated carbocycles. The van der Waals surface area contributed by atoms with E-state index < -0.39 is 18.0 Å². The second-order valence-electron chi connectivity index (χ2n) is 4.93. The Hall–Kier alpha value is -1.78. The lowest BCUT2D eigenvalue weighted by molar-refractivity contribution is 0.0655. The largest absolute Gasteiger partial charge is 0.497 e. The van der Waals surface area contributed by atoms with Gasteiger partial charge in [0.1, 0.15) is 23.4 Å². The summed E-state index contributed by atoms with van der Waals surface area (Å²) in [5.41, 5.74) is 1.35. The SMILES string of the molecule is COc1ccc2c(c1)C(O)CC(c1ccc(F)cc1Cl)O2. The van der Waals surface area contributed by atoms with Crippen LogP contribution < -0.4 is 9.47 Å². The summed E-state index contributed by atoms with van der Waals surface area (Å²) in [6, 6.07) is 9.43. The second-order valence-corrected chi connectivity index (χ2v) is 5.33. The van der Waals surface area contributed by atoms with Crippen LogP contribution >= 0.6 is 11.6 Å². The lowest BCUT2D eigenvalue weighted by Gasteiger charge is -2.30. The van der Waals surface area contributed by atoms with Crippen LogP contribution in [0.4, 0.5) is 4.39 Å². The highest BCUT2D eigenvalue weighted by molar-refractivity contribution is 6.31. The van der Waals surface area contributed by atoms with Crippen LogP contribution in [0.1, 0.15) is 29.8 Å². The molecule has 0 fully saturated rings. The van der Waals surface area contributed by atoms with Crippen LogP contribution in [0, 0.1) is 5.82 Å². The Balaban J connectivity index is 1.94. The molecule has 1 aliphatic rings. The molecule has 0 radical (unpaired) electrons. The molecule has 0 aliphatic carbocycles. The summed E-state index contributed by atoms with van der Waals surface area (Å²) in [7, 11) is 1.57. The predicted octanol–water partition coefficient (Wildman–Crippen LogP) is 4.04. The molecular weight excluding hydrogens is 295 g/mol. The number of aliphatic hydroxyl groups is 1. The summed E-state index contributed by atoms with van der Waals surface area (Å²) < 4.78 is 24.2. The van der Waals surface area contributed by atoms with E-state index in [1.807, 2.05) is 0 Å². The third kappa shape index (κ3) is 2.69. The summed E-state index contributed by atoms with van der Waals surface area (Å²) in [6.45, 7) is 0. The Morgan fingerprint density at radius 2 is 2.05 bits per heavy atom. The van der Waals surface area contributed by atoms with Crippen molar-refractivity contribution in [3.05, 3.63) is 58.4 Å². The Bertz CT molecular complexity index is 675. The highest BCUT2D eigenvalue weighted by Gasteiger charge is 2.29. The Morgan fingerprint density at radius 3 is 2.76 bits per heavy atom. The molecule has 3 rings (SSSR count). The first-order valence-electron chi connectivity index (χ1n) is 6.56. The zero-order valence-electron chi connectivity index (χ0n) is 11.3. The van der Waals surface area contributed by atoms with Crippen molar-refractivity contribution >= 4 is 11.6 Å². The number of hydrogen-bond donors (Lipinski definition) is 1. The Kier molecular flexibility index (Phi) is 3.74. The van der Waals surface area contributed by atoms with E-state index in [1.165, 1.54) is 12.1 Å². The Labute approximate surface area is 126 Å². The molecule has 110 valence electrons. The monoisotopic (exact) mass is 308 g/mol. The number of benzene rings is 2. The molecular formula is C16H14ClFO3. The maximum absolute atomic E-state index is 13.1. The first-order chi connectivity index (χ1) is 10.1. The van der Waals surface area contributed by atoms with Crippen LogP contribution in [0.25, 0.3) is 0 Å². The molecule has 2 atom stereocenters. The van der Waals surface area contributed by atoms with Gasteiger partial charge in [-0.25, -0.2) is 4.39 Å². The maximum Gasteiger partial charge on any atom is 0.128 e. The van der Waals surface area contributed by atoms with Crippen molar-refractivity contribution in [1.29, 1.82) is 0 Å². The van der Waals surface area contributed by atoms with Gasteiger partial charge in [-0.3, -0.25) is 0 Å². The van der Waals surface area contributed by atoms with E-state index in [0.717, 1.165) is 0 Å². The fourth-order valence-corrected chi connectivity index (χ4v) is 2.79. The van der Waals surface area contributed by atoms with E-state index >= 15 is 0 Å². The predicted molar refractivity (Wildman–Crippen MR) is 77.3 cm³/mol. The quantitative estimate of drug-likeness (QED) is 0.910. The van der Waals surface area contributed by atoms with Crippen molar-refractivity contribution < 1.29 is 19.0 Å². The van der Waals surface area contributed by atoms with Gasteiger partial charge in [-0.2, -0.15) is 0 Å². The van der Waals surface area contributed by atoms with E-state index in [2.05, 4.69) is 0 Å². The number of aliphatic hydroxyl groups excluding tert-OH is 1. The number of fused-ring (bicyclic) bond motifs is 1. The van der Waals surface area contributed by atoms with Gasteiger partial charge in [-0.05, 0) is 30.3 Å². The molecule has 1 aliphatic heterocycles. The zero-order chi connectivity index (χ0) is 15.0. The number of ether oxygens (including phenoxy) is 2. The smallest absolute Gasteiger partial charge is 0.128 e. The first kappa shape index (κ1) is 14.2. The number of halogens is 2. The molecule has 2 aromatic rings. The normalized spacial score (nSPS) is 20.6. The molecule has 0 amide bonds. The third-order valence-corrected chi connectivity index (χ3v) is 3.92. The number of rotatable bonds is 2. The first-order valence-corrected chi connectivity index (χ1v) is 6.94. The molecule has 21 heavy (non-hydrogen) atoms. The van der Waals surface area contributed by atoms with Crippen molar-refractivity contribution in [3.63, 3.8) is 0 Å². The lowest BCUT2D eigenvalue weighted by atomic mass is 9.95. The topological polar surface area (TPSA) is 38.7 Å². The van der Waals surface area contributed by atoms with E-state index in [4.69, 9.17) is 21.1 Å². The highest BCUT2D eigenvalue weighted by atomic mass is 35.5. The van der Waals surface area contributed by atoms with Crippen LogP contribution in [-0.2, 0) is 0 Å². The molecule has 1 N–H and O–H groups in total. The zero-order valence-corrected chi connectivity index (χ0v) is 12.1. The van der Waals surface area contributed by atoms with Crippen molar-refractivity contribution in [2.75, 3.05) is 7.11 Å². The van der Waals surface area contributed by atoms with Gasteiger partial charge in [0.25, 0.3) is 0 Å². The molecule has 1 heterocycles. The second kappa shape index (κ2) is 5.54. The minimum atomic E-state index is -0.685. The molecule has 0 aromatic heterocycles. The van der Waals surface area contributed by atoms with Crippen molar-refractivity contribution in [1.82, 2.24) is 0 Å². The summed E-state index contributed by atoms with van der Waals surface area (Å²) in [4.78, 5) is 0. The van der Waals surface area contributed by atoms with Crippen LogP contribution in [-0.4, -0.2) is 12.2 Å². The van der Waals surface area contributed by atoms with E-state index in [0.29, 0.717) is 34.1 Å². The van der Waals surface area contributed by atoms with E-state index in [-0.39, 0.29) is 0 Å². The minimum Gasteiger partial charge on any atom is -0.497 e. The lowest BCUT2D eigenvalue weighted by Crippen LogP contribution is -2.19. The van der Waals surface area contributed by atoms with Crippen molar-refractivity contribution in [2.45, 2.75) is 18.6 Å². The fraction of sp³-hybridized carbons (Fsp3) is 0.250. The van der Waals surface area contributed by atoms with E-state index in [1.54, 1.807) is 31.4 Å². The van der Waals surface area contributed by atoms with Crippen molar-refractivity contribution in [2.24, 2.45) is 0 Å². The average molecular weight is 309 g/mol. The van der Waals surface area contributed by atoms with Gasteiger partial charge >= 0.3 is 0 Å². The summed E-state index contributed by atoms with van der Waals surface area (Å²) in [6.07, 6.45) is -0.741. The van der Waals surface area contributed by atoms with Gasteiger partial charge in [-0.15, -0.1) is 0 Å². The Morgan fingerprint density at radius 1 is 1.24 bits per heavy atom. The summed E-state index contributed by atoms with van der Waals surface area (Å²) in [5.74, 6) is 0.847. The summed E-state index contributed by atoms with van der Waals surface area (Å²) in [5, 5.41) is 10.6. The van der Waals surface area contributed by atoms with Crippen molar-refractivity contribution in [3.8, 4) is 11.5 Å². The van der Waals surface area contributed by atoms with Gasteiger partial charge in [-0.1, -0.05) is 17.7 Å². The number of methoxy groups -OCH3 is 1.